The molecule has 0 aliphatic rings. The summed E-state index contributed by atoms with van der Waals surface area (Å²) in [6.07, 6.45) is -0.471. The summed E-state index contributed by atoms with van der Waals surface area (Å²) in [6.45, 7) is 9.45. The zero-order chi connectivity index (χ0) is 16.4. The number of pyridine rings is 1. The van der Waals surface area contributed by atoms with Gasteiger partial charge in [-0.1, -0.05) is 11.3 Å². The topological polar surface area (TPSA) is 73.3 Å². The molecule has 7 heteroatoms. The zero-order valence-corrected chi connectivity index (χ0v) is 14.2. The molecular formula is C15H20N3O3S. The van der Waals surface area contributed by atoms with Crippen molar-refractivity contribution in [2.24, 2.45) is 0 Å². The first-order valence-electron chi connectivity index (χ1n) is 6.92. The van der Waals surface area contributed by atoms with E-state index in [-0.39, 0.29) is 6.61 Å². The summed E-state index contributed by atoms with van der Waals surface area (Å²) in [7, 11) is 0. The standard InChI is InChI=1S/C15H20N3O3S/c1-14(2,3)21-13(19)18-15(4,5)8-20-11-7-6-10-12(17-11)22-9-16-10/h6-7H,8H2,1-5H3,(H,18,19). The molecule has 0 aliphatic carbocycles. The lowest BCUT2D eigenvalue weighted by Gasteiger charge is -2.28. The summed E-state index contributed by atoms with van der Waals surface area (Å²) < 4.78 is 10.9. The number of carbonyl (C=O) groups excluding carboxylic acids is 1. The number of alkyl carbamates (subject to hydrolysis) is 1. The normalized spacial score (nSPS) is 12.2. The highest BCUT2D eigenvalue weighted by molar-refractivity contribution is 7.15. The van der Waals surface area contributed by atoms with Gasteiger partial charge in [0.2, 0.25) is 5.88 Å². The third-order valence-corrected chi connectivity index (χ3v) is 3.22. The van der Waals surface area contributed by atoms with Crippen LogP contribution in [0.2, 0.25) is 0 Å². The zero-order valence-electron chi connectivity index (χ0n) is 13.4. The number of nitrogens with one attached hydrogen (secondary N) is 1. The molecule has 119 valence electrons. The van der Waals surface area contributed by atoms with Gasteiger partial charge < -0.3 is 14.8 Å². The van der Waals surface area contributed by atoms with Crippen molar-refractivity contribution in [2.75, 3.05) is 6.61 Å². The van der Waals surface area contributed by atoms with Crippen LogP contribution in [0.1, 0.15) is 34.6 Å². The maximum atomic E-state index is 11.8. The molecule has 0 bridgehead atoms. The van der Waals surface area contributed by atoms with Crippen molar-refractivity contribution >= 4 is 27.8 Å². The number of rotatable bonds is 4. The number of hydrogen-bond acceptors (Lipinski definition) is 6. The van der Waals surface area contributed by atoms with Crippen molar-refractivity contribution < 1.29 is 14.3 Å². The minimum atomic E-state index is -0.585. The molecule has 0 aliphatic heterocycles. The number of nitrogens with zero attached hydrogens (tertiary/aromatic N) is 2. The Morgan fingerprint density at radius 3 is 2.73 bits per heavy atom. The Bertz CT molecular complexity index is 661. The second-order valence-corrected chi connectivity index (χ2v) is 7.35. The Morgan fingerprint density at radius 2 is 2.05 bits per heavy atom. The maximum Gasteiger partial charge on any atom is 0.408 e. The molecule has 1 N–H and O–H groups in total. The van der Waals surface area contributed by atoms with Crippen molar-refractivity contribution in [3.8, 4) is 5.88 Å². The molecule has 0 unspecified atom stereocenters. The first kappa shape index (κ1) is 16.5. The lowest BCUT2D eigenvalue weighted by Crippen LogP contribution is -2.49. The predicted octanol–water partition coefficient (Wildman–Crippen LogP) is 3.17. The highest BCUT2D eigenvalue weighted by Crippen LogP contribution is 2.19. The van der Waals surface area contributed by atoms with E-state index in [0.717, 1.165) is 10.3 Å². The Morgan fingerprint density at radius 1 is 1.32 bits per heavy atom. The molecule has 2 heterocycles. The van der Waals surface area contributed by atoms with Gasteiger partial charge in [0.15, 0.2) is 5.51 Å². The third-order valence-electron chi connectivity index (χ3n) is 2.54. The van der Waals surface area contributed by atoms with Gasteiger partial charge in [-0.25, -0.2) is 14.8 Å². The molecular weight excluding hydrogens is 302 g/mol. The smallest absolute Gasteiger partial charge is 0.408 e. The number of amides is 1. The summed E-state index contributed by atoms with van der Waals surface area (Å²) in [5, 5.41) is 2.79. The van der Waals surface area contributed by atoms with Gasteiger partial charge in [0, 0.05) is 6.07 Å². The molecule has 0 fully saturated rings. The SMILES string of the molecule is CC(C)(COc1ccc2n[c]sc2n1)NC(=O)OC(C)(C)C. The van der Waals surface area contributed by atoms with E-state index in [1.807, 2.05) is 40.7 Å². The van der Waals surface area contributed by atoms with Crippen molar-refractivity contribution in [3.63, 3.8) is 0 Å². The molecule has 0 saturated carbocycles. The Balaban J connectivity index is 1.92. The molecule has 0 spiro atoms. The molecule has 2 aromatic heterocycles. The van der Waals surface area contributed by atoms with Gasteiger partial charge in [-0.2, -0.15) is 0 Å². The molecule has 2 rings (SSSR count). The van der Waals surface area contributed by atoms with Gasteiger partial charge in [0.05, 0.1) is 5.54 Å². The summed E-state index contributed by atoms with van der Waals surface area (Å²) in [5.41, 5.74) is 2.46. The van der Waals surface area contributed by atoms with Crippen LogP contribution >= 0.6 is 11.3 Å². The highest BCUT2D eigenvalue weighted by atomic mass is 32.1. The van der Waals surface area contributed by atoms with E-state index in [9.17, 15) is 4.79 Å². The Labute approximate surface area is 133 Å². The molecule has 22 heavy (non-hydrogen) atoms. The minimum absolute atomic E-state index is 0.271. The van der Waals surface area contributed by atoms with E-state index in [4.69, 9.17) is 9.47 Å². The Kier molecular flexibility index (Phi) is 4.55. The van der Waals surface area contributed by atoms with Crippen LogP contribution in [0, 0.1) is 5.51 Å². The molecule has 1 amide bonds. The third kappa shape index (κ3) is 4.84. The minimum Gasteiger partial charge on any atom is -0.475 e. The van der Waals surface area contributed by atoms with Gasteiger partial charge in [0.1, 0.15) is 22.6 Å². The van der Waals surface area contributed by atoms with Crippen molar-refractivity contribution in [2.45, 2.75) is 45.8 Å². The summed E-state index contributed by atoms with van der Waals surface area (Å²) in [6, 6.07) is 3.58. The van der Waals surface area contributed by atoms with Crippen molar-refractivity contribution in [1.29, 1.82) is 0 Å². The van der Waals surface area contributed by atoms with Crippen molar-refractivity contribution in [1.82, 2.24) is 15.3 Å². The van der Waals surface area contributed by atoms with Crippen LogP contribution in [-0.4, -0.2) is 33.8 Å². The van der Waals surface area contributed by atoms with E-state index >= 15 is 0 Å². The predicted molar refractivity (Wildman–Crippen MR) is 85.2 cm³/mol. The van der Waals surface area contributed by atoms with Crippen LogP contribution in [-0.2, 0) is 4.74 Å². The van der Waals surface area contributed by atoms with E-state index in [1.54, 1.807) is 6.07 Å². The molecule has 2 aromatic rings. The van der Waals surface area contributed by atoms with E-state index in [1.165, 1.54) is 11.3 Å². The van der Waals surface area contributed by atoms with Gasteiger partial charge in [-0.05, 0) is 40.7 Å². The summed E-state index contributed by atoms with van der Waals surface area (Å²) in [5.74, 6) is 0.490. The average molecular weight is 322 g/mol. The lowest BCUT2D eigenvalue weighted by molar-refractivity contribution is 0.0440. The van der Waals surface area contributed by atoms with Crippen LogP contribution in [0.3, 0.4) is 0 Å². The van der Waals surface area contributed by atoms with E-state index in [2.05, 4.69) is 20.8 Å². The Hall–Kier alpha value is -1.89. The number of ether oxygens (including phenoxy) is 2. The fourth-order valence-electron chi connectivity index (χ4n) is 1.64. The molecule has 0 aromatic carbocycles. The van der Waals surface area contributed by atoms with Crippen LogP contribution in [0.5, 0.6) is 5.88 Å². The largest absolute Gasteiger partial charge is 0.475 e. The van der Waals surface area contributed by atoms with Gasteiger partial charge in [0.25, 0.3) is 0 Å². The number of carbonyl (C=O) groups is 1. The number of aromatic nitrogens is 2. The van der Waals surface area contributed by atoms with E-state index in [0.29, 0.717) is 5.88 Å². The van der Waals surface area contributed by atoms with Gasteiger partial charge >= 0.3 is 6.09 Å². The van der Waals surface area contributed by atoms with Gasteiger partial charge in [-0.3, -0.25) is 0 Å². The fraction of sp³-hybridized carbons (Fsp3) is 0.533. The number of thiazole rings is 1. The number of fused-ring (bicyclic) bond motifs is 1. The fourth-order valence-corrected chi connectivity index (χ4v) is 2.23. The maximum absolute atomic E-state index is 11.8. The first-order chi connectivity index (χ1) is 10.1. The summed E-state index contributed by atoms with van der Waals surface area (Å²) in [4.78, 5) is 21.0. The molecule has 0 atom stereocenters. The summed E-state index contributed by atoms with van der Waals surface area (Å²) >= 11 is 1.33. The quantitative estimate of drug-likeness (QED) is 0.936. The van der Waals surface area contributed by atoms with Gasteiger partial charge in [-0.15, -0.1) is 0 Å². The highest BCUT2D eigenvalue weighted by Gasteiger charge is 2.25. The second-order valence-electron chi connectivity index (χ2n) is 6.58. The first-order valence-corrected chi connectivity index (χ1v) is 7.74. The second kappa shape index (κ2) is 6.08. The number of hydrogen-bond donors (Lipinski definition) is 1. The monoisotopic (exact) mass is 322 g/mol. The van der Waals surface area contributed by atoms with Crippen molar-refractivity contribution in [3.05, 3.63) is 17.6 Å². The molecule has 6 nitrogen and oxygen atoms in total. The van der Waals surface area contributed by atoms with Crippen LogP contribution in [0.4, 0.5) is 4.79 Å². The van der Waals surface area contributed by atoms with Crippen LogP contribution in [0.25, 0.3) is 10.3 Å². The van der Waals surface area contributed by atoms with Crippen LogP contribution < -0.4 is 10.1 Å². The molecule has 0 saturated heterocycles. The van der Waals surface area contributed by atoms with E-state index < -0.39 is 17.2 Å². The lowest BCUT2D eigenvalue weighted by atomic mass is 10.1. The van der Waals surface area contributed by atoms with Crippen LogP contribution in [0.15, 0.2) is 12.1 Å². The average Bonchev–Trinajstić information content (AvgIpc) is 2.80. The molecule has 1 radical (unpaired) electrons.